The fourth-order valence-corrected chi connectivity index (χ4v) is 2.39. The molecule has 1 amide bonds. The van der Waals surface area contributed by atoms with Crippen LogP contribution in [0.1, 0.15) is 42.3 Å². The molecular formula is C13H22N2OS. The number of hydrogen-bond acceptors (Lipinski definition) is 3. The maximum absolute atomic E-state index is 11.6. The molecule has 0 saturated heterocycles. The zero-order valence-corrected chi connectivity index (χ0v) is 12.0. The second kappa shape index (κ2) is 6.74. The fraction of sp³-hybridized carbons (Fsp3) is 0.692. The first kappa shape index (κ1) is 14.2. The van der Waals surface area contributed by atoms with E-state index in [-0.39, 0.29) is 5.91 Å². The van der Waals surface area contributed by atoms with E-state index in [1.807, 2.05) is 6.92 Å². The molecule has 0 aliphatic rings. The van der Waals surface area contributed by atoms with Gasteiger partial charge in [0.15, 0.2) is 0 Å². The average Bonchev–Trinajstić information content (AvgIpc) is 2.55. The van der Waals surface area contributed by atoms with Gasteiger partial charge < -0.3 is 5.32 Å². The van der Waals surface area contributed by atoms with Gasteiger partial charge >= 0.3 is 0 Å². The summed E-state index contributed by atoms with van der Waals surface area (Å²) in [4.78, 5) is 17.2. The van der Waals surface area contributed by atoms with Gasteiger partial charge in [0.2, 0.25) is 5.91 Å². The summed E-state index contributed by atoms with van der Waals surface area (Å²) in [6.45, 7) is 9.18. The molecule has 96 valence electrons. The van der Waals surface area contributed by atoms with E-state index >= 15 is 0 Å². The van der Waals surface area contributed by atoms with E-state index in [0.717, 1.165) is 30.1 Å². The summed E-state index contributed by atoms with van der Waals surface area (Å²) in [5.41, 5.74) is 1.09. The number of rotatable bonds is 6. The first-order chi connectivity index (χ1) is 7.99. The molecule has 3 nitrogen and oxygen atoms in total. The Morgan fingerprint density at radius 1 is 1.41 bits per heavy atom. The Morgan fingerprint density at radius 2 is 2.12 bits per heavy atom. The lowest BCUT2D eigenvalue weighted by Crippen LogP contribution is -2.25. The molecule has 0 saturated carbocycles. The second-order valence-corrected chi connectivity index (χ2v) is 6.07. The number of thiazole rings is 1. The van der Waals surface area contributed by atoms with Crippen LogP contribution in [0.5, 0.6) is 0 Å². The zero-order chi connectivity index (χ0) is 12.8. The van der Waals surface area contributed by atoms with Gasteiger partial charge in [0.25, 0.3) is 0 Å². The van der Waals surface area contributed by atoms with Gasteiger partial charge in [-0.2, -0.15) is 0 Å². The highest BCUT2D eigenvalue weighted by Crippen LogP contribution is 2.17. The quantitative estimate of drug-likeness (QED) is 0.848. The lowest BCUT2D eigenvalue weighted by molar-refractivity contribution is -0.121. The molecule has 4 heteroatoms. The largest absolute Gasteiger partial charge is 0.356 e. The summed E-state index contributed by atoms with van der Waals surface area (Å²) in [5, 5.41) is 4.01. The highest BCUT2D eigenvalue weighted by molar-refractivity contribution is 7.11. The summed E-state index contributed by atoms with van der Waals surface area (Å²) in [7, 11) is 0. The van der Waals surface area contributed by atoms with Crippen LogP contribution in [-0.4, -0.2) is 17.4 Å². The molecule has 1 aromatic heterocycles. The van der Waals surface area contributed by atoms with E-state index in [0.29, 0.717) is 12.3 Å². The Hall–Kier alpha value is -0.900. The first-order valence-corrected chi connectivity index (χ1v) is 7.00. The van der Waals surface area contributed by atoms with Crippen LogP contribution in [0.4, 0.5) is 0 Å². The van der Waals surface area contributed by atoms with Crippen molar-refractivity contribution in [2.45, 2.75) is 47.0 Å². The Morgan fingerprint density at radius 3 is 2.65 bits per heavy atom. The second-order valence-electron chi connectivity index (χ2n) is 4.78. The first-order valence-electron chi connectivity index (χ1n) is 6.18. The van der Waals surface area contributed by atoms with Crippen LogP contribution in [0.3, 0.4) is 0 Å². The minimum Gasteiger partial charge on any atom is -0.356 e. The summed E-state index contributed by atoms with van der Waals surface area (Å²) in [6, 6.07) is 0. The number of nitrogens with one attached hydrogen (secondary N) is 1. The number of carbonyl (C=O) groups excluding carboxylic acids is 1. The van der Waals surface area contributed by atoms with E-state index in [4.69, 9.17) is 0 Å². The predicted octanol–water partition coefficient (Wildman–Crippen LogP) is 2.85. The molecule has 1 heterocycles. The molecule has 1 rings (SSSR count). The highest BCUT2D eigenvalue weighted by atomic mass is 32.1. The van der Waals surface area contributed by atoms with E-state index in [1.54, 1.807) is 11.3 Å². The molecule has 1 aromatic rings. The third-order valence-corrected chi connectivity index (χ3v) is 3.82. The number of amides is 1. The molecule has 0 bridgehead atoms. The molecule has 0 radical (unpaired) electrons. The van der Waals surface area contributed by atoms with Crippen molar-refractivity contribution < 1.29 is 4.79 Å². The van der Waals surface area contributed by atoms with Gasteiger partial charge in [-0.3, -0.25) is 4.79 Å². The molecule has 0 aliphatic carbocycles. The van der Waals surface area contributed by atoms with Gasteiger partial charge in [-0.1, -0.05) is 13.8 Å². The minimum atomic E-state index is 0.135. The monoisotopic (exact) mass is 254 g/mol. The van der Waals surface area contributed by atoms with Gasteiger partial charge in [0, 0.05) is 24.3 Å². The van der Waals surface area contributed by atoms with Crippen LogP contribution in [0.2, 0.25) is 0 Å². The van der Waals surface area contributed by atoms with Crippen LogP contribution in [0, 0.1) is 19.8 Å². The SMILES string of the molecule is Cc1nc(CCC(=O)NCCC(C)C)sc1C. The van der Waals surface area contributed by atoms with Crippen LogP contribution in [0.15, 0.2) is 0 Å². The summed E-state index contributed by atoms with van der Waals surface area (Å²) in [5.74, 6) is 0.774. The molecule has 0 unspecified atom stereocenters. The third-order valence-electron chi connectivity index (χ3n) is 2.68. The lowest BCUT2D eigenvalue weighted by Gasteiger charge is -2.06. The Bertz CT molecular complexity index is 352. The van der Waals surface area contributed by atoms with Crippen molar-refractivity contribution in [1.29, 1.82) is 0 Å². The molecule has 17 heavy (non-hydrogen) atoms. The maximum atomic E-state index is 11.6. The average molecular weight is 254 g/mol. The number of aryl methyl sites for hydroxylation is 3. The Kier molecular flexibility index (Phi) is 5.62. The predicted molar refractivity (Wildman–Crippen MR) is 72.4 cm³/mol. The minimum absolute atomic E-state index is 0.135. The van der Waals surface area contributed by atoms with Gasteiger partial charge in [0.05, 0.1) is 10.7 Å². The number of nitrogens with zero attached hydrogens (tertiary/aromatic N) is 1. The molecule has 1 N–H and O–H groups in total. The van der Waals surface area contributed by atoms with Crippen molar-refractivity contribution in [2.75, 3.05) is 6.54 Å². The molecule has 0 spiro atoms. The van der Waals surface area contributed by atoms with Crippen molar-refractivity contribution in [3.63, 3.8) is 0 Å². The van der Waals surface area contributed by atoms with Crippen LogP contribution in [-0.2, 0) is 11.2 Å². The third kappa shape index (κ3) is 5.31. The van der Waals surface area contributed by atoms with Crippen molar-refractivity contribution in [3.8, 4) is 0 Å². The van der Waals surface area contributed by atoms with Gasteiger partial charge in [-0.05, 0) is 26.2 Å². The number of carbonyl (C=O) groups is 1. The normalized spacial score (nSPS) is 10.9. The van der Waals surface area contributed by atoms with E-state index in [2.05, 4.69) is 31.1 Å². The molecule has 0 fully saturated rings. The van der Waals surface area contributed by atoms with Crippen LogP contribution in [0.25, 0.3) is 0 Å². The van der Waals surface area contributed by atoms with Crippen molar-refractivity contribution in [3.05, 3.63) is 15.6 Å². The summed E-state index contributed by atoms with van der Waals surface area (Å²) < 4.78 is 0. The lowest BCUT2D eigenvalue weighted by atomic mass is 10.1. The van der Waals surface area contributed by atoms with Crippen LogP contribution >= 0.6 is 11.3 Å². The van der Waals surface area contributed by atoms with E-state index in [9.17, 15) is 4.79 Å². The molecule has 0 aliphatic heterocycles. The highest BCUT2D eigenvalue weighted by Gasteiger charge is 2.07. The Labute approximate surface area is 108 Å². The van der Waals surface area contributed by atoms with Gasteiger partial charge in [0.1, 0.15) is 0 Å². The maximum Gasteiger partial charge on any atom is 0.220 e. The number of hydrogen-bond donors (Lipinski definition) is 1. The topological polar surface area (TPSA) is 42.0 Å². The smallest absolute Gasteiger partial charge is 0.220 e. The van der Waals surface area contributed by atoms with Crippen molar-refractivity contribution in [2.24, 2.45) is 5.92 Å². The number of aromatic nitrogens is 1. The van der Waals surface area contributed by atoms with Crippen LogP contribution < -0.4 is 5.32 Å². The fourth-order valence-electron chi connectivity index (χ4n) is 1.46. The summed E-state index contributed by atoms with van der Waals surface area (Å²) >= 11 is 1.69. The van der Waals surface area contributed by atoms with E-state index < -0.39 is 0 Å². The van der Waals surface area contributed by atoms with E-state index in [1.165, 1.54) is 4.88 Å². The molecular weight excluding hydrogens is 232 g/mol. The van der Waals surface area contributed by atoms with Crippen molar-refractivity contribution >= 4 is 17.2 Å². The zero-order valence-electron chi connectivity index (χ0n) is 11.2. The van der Waals surface area contributed by atoms with Crippen molar-refractivity contribution in [1.82, 2.24) is 10.3 Å². The molecule has 0 atom stereocenters. The Balaban J connectivity index is 2.24. The standard InChI is InChI=1S/C13H22N2OS/c1-9(2)7-8-14-12(16)5-6-13-15-10(3)11(4)17-13/h9H,5-8H2,1-4H3,(H,14,16). The molecule has 0 aromatic carbocycles. The summed E-state index contributed by atoms with van der Waals surface area (Å²) in [6.07, 6.45) is 2.35. The van der Waals surface area contributed by atoms with Gasteiger partial charge in [-0.15, -0.1) is 11.3 Å². The van der Waals surface area contributed by atoms with Gasteiger partial charge in [-0.25, -0.2) is 4.98 Å².